The standard InChI is InChI=1S/C16H31NO2/c1-8-11(4)12(5)13-14(15(18)19-7)16(13,9-2)17(6)10-3/h11-13,18H,8-10H2,1-7H3/b15-14+. The maximum atomic E-state index is 10.1. The van der Waals surface area contributed by atoms with Crippen LogP contribution in [0.3, 0.4) is 0 Å². The number of aliphatic hydroxyl groups excluding tert-OH is 1. The lowest BCUT2D eigenvalue weighted by atomic mass is 9.86. The molecule has 0 aromatic heterocycles. The normalized spacial score (nSPS) is 32.1. The fourth-order valence-electron chi connectivity index (χ4n) is 3.62. The van der Waals surface area contributed by atoms with Crippen molar-refractivity contribution in [3.63, 3.8) is 0 Å². The Kier molecular flexibility index (Phi) is 5.31. The van der Waals surface area contributed by atoms with Crippen molar-refractivity contribution >= 4 is 0 Å². The van der Waals surface area contributed by atoms with Gasteiger partial charge >= 0.3 is 0 Å². The van der Waals surface area contributed by atoms with E-state index < -0.39 is 0 Å². The van der Waals surface area contributed by atoms with Gasteiger partial charge in [-0.3, -0.25) is 4.90 Å². The van der Waals surface area contributed by atoms with Gasteiger partial charge < -0.3 is 9.84 Å². The van der Waals surface area contributed by atoms with Crippen molar-refractivity contribution < 1.29 is 9.84 Å². The Hall–Kier alpha value is -0.700. The molecule has 112 valence electrons. The predicted octanol–water partition coefficient (Wildman–Crippen LogP) is 3.81. The lowest BCUT2D eigenvalue weighted by molar-refractivity contribution is 0.128. The van der Waals surface area contributed by atoms with Gasteiger partial charge in [-0.15, -0.1) is 0 Å². The van der Waals surface area contributed by atoms with Crippen LogP contribution in [-0.4, -0.2) is 36.2 Å². The summed E-state index contributed by atoms with van der Waals surface area (Å²) in [7, 11) is 3.70. The highest BCUT2D eigenvalue weighted by Crippen LogP contribution is 2.62. The van der Waals surface area contributed by atoms with Gasteiger partial charge in [0.05, 0.1) is 12.6 Å². The first kappa shape index (κ1) is 16.4. The van der Waals surface area contributed by atoms with Crippen LogP contribution < -0.4 is 0 Å². The SMILES string of the molecule is CCC(C)C(C)C1/C(=C(/O)OC)C1(CC)N(C)CC. The van der Waals surface area contributed by atoms with Crippen LogP contribution in [0.25, 0.3) is 0 Å². The molecule has 0 radical (unpaired) electrons. The van der Waals surface area contributed by atoms with Crippen LogP contribution in [0.4, 0.5) is 0 Å². The van der Waals surface area contributed by atoms with E-state index in [0.29, 0.717) is 17.8 Å². The topological polar surface area (TPSA) is 32.7 Å². The molecule has 3 nitrogen and oxygen atoms in total. The minimum Gasteiger partial charge on any atom is -0.481 e. The number of methoxy groups -OCH3 is 1. The molecule has 0 aromatic carbocycles. The van der Waals surface area contributed by atoms with Crippen molar-refractivity contribution in [3.8, 4) is 0 Å². The molecule has 0 saturated heterocycles. The minimum absolute atomic E-state index is 0.00229. The number of hydrogen-bond acceptors (Lipinski definition) is 3. The smallest absolute Gasteiger partial charge is 0.277 e. The molecule has 1 saturated carbocycles. The van der Waals surface area contributed by atoms with E-state index in [2.05, 4.69) is 46.6 Å². The van der Waals surface area contributed by atoms with Crippen LogP contribution >= 0.6 is 0 Å². The average Bonchev–Trinajstić information content (AvgIpc) is 3.13. The van der Waals surface area contributed by atoms with Crippen LogP contribution in [0.5, 0.6) is 0 Å². The maximum absolute atomic E-state index is 10.1. The maximum Gasteiger partial charge on any atom is 0.277 e. The van der Waals surface area contributed by atoms with Crippen molar-refractivity contribution in [1.82, 2.24) is 4.90 Å². The molecule has 4 atom stereocenters. The quantitative estimate of drug-likeness (QED) is 0.713. The molecule has 0 spiro atoms. The van der Waals surface area contributed by atoms with E-state index in [9.17, 15) is 5.11 Å². The van der Waals surface area contributed by atoms with Gasteiger partial charge in [-0.1, -0.05) is 41.0 Å². The van der Waals surface area contributed by atoms with E-state index in [-0.39, 0.29) is 11.5 Å². The van der Waals surface area contributed by atoms with Crippen LogP contribution in [0.2, 0.25) is 0 Å². The van der Waals surface area contributed by atoms with E-state index in [1.54, 1.807) is 7.11 Å². The van der Waals surface area contributed by atoms with Crippen molar-refractivity contribution in [1.29, 1.82) is 0 Å². The molecular weight excluding hydrogens is 238 g/mol. The molecular formula is C16H31NO2. The molecule has 3 heteroatoms. The van der Waals surface area contributed by atoms with Gasteiger partial charge in [-0.25, -0.2) is 0 Å². The Balaban J connectivity index is 3.15. The summed E-state index contributed by atoms with van der Waals surface area (Å²) in [6.07, 6.45) is 2.19. The van der Waals surface area contributed by atoms with Crippen molar-refractivity contribution in [3.05, 3.63) is 11.5 Å². The molecule has 0 aromatic rings. The lowest BCUT2D eigenvalue weighted by Gasteiger charge is -2.29. The molecule has 1 fully saturated rings. The first-order valence-corrected chi connectivity index (χ1v) is 7.60. The van der Waals surface area contributed by atoms with Crippen molar-refractivity contribution in [2.45, 2.75) is 53.0 Å². The largest absolute Gasteiger partial charge is 0.481 e. The van der Waals surface area contributed by atoms with E-state index in [1.165, 1.54) is 6.42 Å². The number of rotatable bonds is 7. The van der Waals surface area contributed by atoms with E-state index in [4.69, 9.17) is 4.74 Å². The zero-order valence-electron chi connectivity index (χ0n) is 13.7. The molecule has 1 N–H and O–H groups in total. The summed E-state index contributed by atoms with van der Waals surface area (Å²) in [5.74, 6) is 1.77. The zero-order valence-corrected chi connectivity index (χ0v) is 13.7. The summed E-state index contributed by atoms with van der Waals surface area (Å²) in [4.78, 5) is 2.36. The van der Waals surface area contributed by atoms with Crippen LogP contribution in [0.1, 0.15) is 47.5 Å². The highest BCUT2D eigenvalue weighted by molar-refractivity contribution is 5.46. The Bertz CT molecular complexity index is 340. The van der Waals surface area contributed by atoms with Gasteiger partial charge in [0.25, 0.3) is 5.95 Å². The third-order valence-electron chi connectivity index (χ3n) is 5.39. The Morgan fingerprint density at radius 3 is 2.32 bits per heavy atom. The monoisotopic (exact) mass is 269 g/mol. The third-order valence-corrected chi connectivity index (χ3v) is 5.39. The summed E-state index contributed by atoms with van der Waals surface area (Å²) in [6.45, 7) is 12.2. The number of ether oxygens (including phenoxy) is 1. The van der Waals surface area contributed by atoms with Gasteiger partial charge in [-0.05, 0) is 31.8 Å². The summed E-state index contributed by atoms with van der Waals surface area (Å²) < 4.78 is 5.13. The molecule has 1 rings (SSSR count). The Morgan fingerprint density at radius 2 is 1.95 bits per heavy atom. The second-order valence-corrected chi connectivity index (χ2v) is 5.94. The molecule has 1 aliphatic carbocycles. The number of aliphatic hydroxyl groups is 1. The molecule has 19 heavy (non-hydrogen) atoms. The lowest BCUT2D eigenvalue weighted by Crippen LogP contribution is -2.37. The first-order valence-electron chi connectivity index (χ1n) is 7.60. The van der Waals surface area contributed by atoms with Crippen molar-refractivity contribution in [2.75, 3.05) is 20.7 Å². The van der Waals surface area contributed by atoms with Gasteiger partial charge in [0.15, 0.2) is 0 Å². The van der Waals surface area contributed by atoms with Gasteiger partial charge in [-0.2, -0.15) is 0 Å². The molecule has 0 bridgehead atoms. The number of hydrogen-bond donors (Lipinski definition) is 1. The number of nitrogens with zero attached hydrogens (tertiary/aromatic N) is 1. The summed E-state index contributed by atoms with van der Waals surface area (Å²) >= 11 is 0. The Labute approximate surface area is 118 Å². The Morgan fingerprint density at radius 1 is 1.37 bits per heavy atom. The minimum atomic E-state index is -0.00229. The zero-order chi connectivity index (χ0) is 14.8. The summed E-state index contributed by atoms with van der Waals surface area (Å²) in [5.41, 5.74) is 1.10. The van der Waals surface area contributed by atoms with Crippen LogP contribution in [0.15, 0.2) is 11.5 Å². The van der Waals surface area contributed by atoms with Gasteiger partial charge in [0.2, 0.25) is 0 Å². The highest BCUT2D eigenvalue weighted by Gasteiger charge is 2.65. The van der Waals surface area contributed by atoms with Gasteiger partial charge in [0.1, 0.15) is 0 Å². The highest BCUT2D eigenvalue weighted by atomic mass is 16.6. The average molecular weight is 269 g/mol. The third kappa shape index (κ3) is 2.49. The van der Waals surface area contributed by atoms with Crippen molar-refractivity contribution in [2.24, 2.45) is 17.8 Å². The van der Waals surface area contributed by atoms with E-state index in [1.807, 2.05) is 0 Å². The van der Waals surface area contributed by atoms with Crippen LogP contribution in [-0.2, 0) is 4.74 Å². The van der Waals surface area contributed by atoms with Gasteiger partial charge in [0, 0.05) is 11.5 Å². The molecule has 0 heterocycles. The molecule has 0 amide bonds. The fraction of sp³-hybridized carbons (Fsp3) is 0.875. The predicted molar refractivity (Wildman–Crippen MR) is 80.1 cm³/mol. The summed E-state index contributed by atoms with van der Waals surface area (Å²) in [6, 6.07) is 0. The molecule has 4 unspecified atom stereocenters. The molecule has 0 aliphatic heterocycles. The van der Waals surface area contributed by atoms with E-state index in [0.717, 1.165) is 18.5 Å². The molecule has 1 aliphatic rings. The number of likely N-dealkylation sites (N-methyl/N-ethyl adjacent to an activating group) is 1. The van der Waals surface area contributed by atoms with E-state index >= 15 is 0 Å². The summed E-state index contributed by atoms with van der Waals surface area (Å²) in [5, 5.41) is 10.1. The fourth-order valence-corrected chi connectivity index (χ4v) is 3.62. The second kappa shape index (κ2) is 6.17. The van der Waals surface area contributed by atoms with Crippen LogP contribution in [0, 0.1) is 17.8 Å². The second-order valence-electron chi connectivity index (χ2n) is 5.94. The first-order chi connectivity index (χ1) is 8.92.